The van der Waals surface area contributed by atoms with Gasteiger partial charge in [-0.15, -0.1) is 0 Å². The predicted molar refractivity (Wildman–Crippen MR) is 74.7 cm³/mol. The summed E-state index contributed by atoms with van der Waals surface area (Å²) in [6.07, 6.45) is 4.19. The van der Waals surface area contributed by atoms with Gasteiger partial charge in [0.05, 0.1) is 31.3 Å². The number of anilines is 1. The summed E-state index contributed by atoms with van der Waals surface area (Å²) in [5.41, 5.74) is 0.288. The van der Waals surface area contributed by atoms with E-state index in [1.165, 1.54) is 18.6 Å². The van der Waals surface area contributed by atoms with Crippen LogP contribution in [0, 0.1) is 0 Å². The Kier molecular flexibility index (Phi) is 6.65. The zero-order chi connectivity index (χ0) is 15.0. The summed E-state index contributed by atoms with van der Waals surface area (Å²) in [4.78, 5) is 31.1. The van der Waals surface area contributed by atoms with Gasteiger partial charge < -0.3 is 14.8 Å². The van der Waals surface area contributed by atoms with Gasteiger partial charge in [0.1, 0.15) is 0 Å². The molecule has 1 heterocycles. The lowest BCUT2D eigenvalue weighted by atomic mass is 10.3. The highest BCUT2D eigenvalue weighted by Crippen LogP contribution is 2.09. The number of carbonyl (C=O) groups excluding carboxylic acids is 2. The third-order valence-electron chi connectivity index (χ3n) is 1.99. The van der Waals surface area contributed by atoms with Gasteiger partial charge in [0.2, 0.25) is 0 Å². The van der Waals surface area contributed by atoms with E-state index < -0.39 is 11.9 Å². The SMILES string of the molecule is CCOC(=O)C(=CNc1cnc(Br)nc1)C(=O)OCC. The van der Waals surface area contributed by atoms with Gasteiger partial charge in [-0.1, -0.05) is 0 Å². The molecular formula is C12H14BrN3O4. The fourth-order valence-electron chi connectivity index (χ4n) is 1.16. The van der Waals surface area contributed by atoms with Crippen LogP contribution in [0.5, 0.6) is 0 Å². The molecule has 0 aromatic carbocycles. The van der Waals surface area contributed by atoms with Crippen LogP contribution in [-0.2, 0) is 19.1 Å². The summed E-state index contributed by atoms with van der Waals surface area (Å²) < 4.78 is 10.0. The predicted octanol–water partition coefficient (Wildman–Crippen LogP) is 1.66. The molecule has 0 spiro atoms. The van der Waals surface area contributed by atoms with E-state index in [2.05, 4.69) is 31.2 Å². The Morgan fingerprint density at radius 2 is 1.70 bits per heavy atom. The summed E-state index contributed by atoms with van der Waals surface area (Å²) >= 11 is 3.10. The van der Waals surface area contributed by atoms with Crippen molar-refractivity contribution in [1.82, 2.24) is 9.97 Å². The van der Waals surface area contributed by atoms with E-state index in [1.807, 2.05) is 0 Å². The Labute approximate surface area is 124 Å². The standard InChI is InChI=1S/C12H14BrN3O4/c1-3-19-10(17)9(11(18)20-4-2)7-14-8-5-15-12(13)16-6-8/h5-7,14H,3-4H2,1-2H3. The molecule has 1 rings (SSSR count). The van der Waals surface area contributed by atoms with Crippen molar-refractivity contribution in [2.24, 2.45) is 0 Å². The van der Waals surface area contributed by atoms with Gasteiger partial charge in [0, 0.05) is 6.20 Å². The average molecular weight is 344 g/mol. The lowest BCUT2D eigenvalue weighted by molar-refractivity contribution is -0.146. The maximum atomic E-state index is 11.7. The number of halogens is 1. The van der Waals surface area contributed by atoms with Crippen LogP contribution < -0.4 is 5.32 Å². The zero-order valence-corrected chi connectivity index (χ0v) is 12.6. The first kappa shape index (κ1) is 16.1. The third-order valence-corrected chi connectivity index (χ3v) is 2.40. The molecule has 8 heteroatoms. The van der Waals surface area contributed by atoms with Crippen LogP contribution in [0.15, 0.2) is 28.9 Å². The van der Waals surface area contributed by atoms with Crippen molar-refractivity contribution in [2.45, 2.75) is 13.8 Å². The van der Waals surface area contributed by atoms with Gasteiger partial charge in [-0.05, 0) is 29.8 Å². The quantitative estimate of drug-likeness (QED) is 0.276. The fraction of sp³-hybridized carbons (Fsp3) is 0.333. The van der Waals surface area contributed by atoms with Gasteiger partial charge in [0.15, 0.2) is 10.3 Å². The van der Waals surface area contributed by atoms with Crippen molar-refractivity contribution in [3.8, 4) is 0 Å². The molecule has 20 heavy (non-hydrogen) atoms. The highest BCUT2D eigenvalue weighted by molar-refractivity contribution is 9.10. The Morgan fingerprint density at radius 3 is 2.15 bits per heavy atom. The number of nitrogens with one attached hydrogen (secondary N) is 1. The topological polar surface area (TPSA) is 90.4 Å². The molecular weight excluding hydrogens is 330 g/mol. The van der Waals surface area contributed by atoms with Gasteiger partial charge in [-0.25, -0.2) is 19.6 Å². The van der Waals surface area contributed by atoms with Crippen LogP contribution >= 0.6 is 15.9 Å². The average Bonchev–Trinajstić information content (AvgIpc) is 2.42. The smallest absolute Gasteiger partial charge is 0.347 e. The summed E-state index contributed by atoms with van der Waals surface area (Å²) in [5, 5.41) is 2.74. The minimum absolute atomic E-state index is 0.164. The third kappa shape index (κ3) is 4.96. The van der Waals surface area contributed by atoms with E-state index in [1.54, 1.807) is 13.8 Å². The van der Waals surface area contributed by atoms with E-state index >= 15 is 0 Å². The molecule has 108 valence electrons. The molecule has 0 atom stereocenters. The molecule has 0 amide bonds. The molecule has 0 aliphatic carbocycles. The van der Waals surface area contributed by atoms with Crippen molar-refractivity contribution in [3.63, 3.8) is 0 Å². The molecule has 0 fully saturated rings. The van der Waals surface area contributed by atoms with Gasteiger partial charge in [-0.2, -0.15) is 0 Å². The second kappa shape index (κ2) is 8.26. The summed E-state index contributed by atoms with van der Waals surface area (Å²) in [5.74, 6) is -1.51. The highest BCUT2D eigenvalue weighted by atomic mass is 79.9. The Morgan fingerprint density at radius 1 is 1.20 bits per heavy atom. The summed E-state index contributed by atoms with van der Waals surface area (Å²) in [6, 6.07) is 0. The van der Waals surface area contributed by atoms with E-state index in [0.29, 0.717) is 10.4 Å². The molecule has 0 aliphatic heterocycles. The number of nitrogens with zero attached hydrogens (tertiary/aromatic N) is 2. The largest absolute Gasteiger partial charge is 0.462 e. The molecule has 1 N–H and O–H groups in total. The molecule has 0 saturated carbocycles. The normalized spacial score (nSPS) is 9.55. The lowest BCUT2D eigenvalue weighted by Crippen LogP contribution is -2.19. The number of hydrogen-bond donors (Lipinski definition) is 1. The van der Waals surface area contributed by atoms with Crippen LogP contribution in [0.2, 0.25) is 0 Å². The van der Waals surface area contributed by atoms with Crippen molar-refractivity contribution in [2.75, 3.05) is 18.5 Å². The zero-order valence-electron chi connectivity index (χ0n) is 11.1. The maximum absolute atomic E-state index is 11.7. The molecule has 1 aromatic rings. The minimum atomic E-state index is -0.753. The van der Waals surface area contributed by atoms with Gasteiger partial charge in [0.25, 0.3) is 0 Å². The van der Waals surface area contributed by atoms with Crippen LogP contribution in [0.25, 0.3) is 0 Å². The lowest BCUT2D eigenvalue weighted by Gasteiger charge is -2.07. The van der Waals surface area contributed by atoms with Crippen LogP contribution in [0.1, 0.15) is 13.8 Å². The molecule has 0 unspecified atom stereocenters. The number of carbonyl (C=O) groups is 2. The maximum Gasteiger partial charge on any atom is 0.347 e. The van der Waals surface area contributed by atoms with E-state index in [4.69, 9.17) is 9.47 Å². The van der Waals surface area contributed by atoms with E-state index in [0.717, 1.165) is 0 Å². The number of aromatic nitrogens is 2. The molecule has 1 aromatic heterocycles. The van der Waals surface area contributed by atoms with Gasteiger partial charge in [-0.3, -0.25) is 0 Å². The number of ether oxygens (including phenoxy) is 2. The fourth-order valence-corrected chi connectivity index (χ4v) is 1.37. The first-order valence-corrected chi connectivity index (χ1v) is 6.66. The number of hydrogen-bond acceptors (Lipinski definition) is 7. The number of esters is 2. The van der Waals surface area contributed by atoms with Crippen LogP contribution in [0.3, 0.4) is 0 Å². The Balaban J connectivity index is 2.86. The molecule has 7 nitrogen and oxygen atoms in total. The number of rotatable bonds is 6. The van der Waals surface area contributed by atoms with E-state index in [-0.39, 0.29) is 18.8 Å². The summed E-state index contributed by atoms with van der Waals surface area (Å²) in [6.45, 7) is 3.63. The monoisotopic (exact) mass is 343 g/mol. The molecule has 0 aliphatic rings. The highest BCUT2D eigenvalue weighted by Gasteiger charge is 2.20. The van der Waals surface area contributed by atoms with Crippen molar-refractivity contribution in [1.29, 1.82) is 0 Å². The second-order valence-corrected chi connectivity index (χ2v) is 4.09. The van der Waals surface area contributed by atoms with Gasteiger partial charge >= 0.3 is 11.9 Å². The van der Waals surface area contributed by atoms with Crippen LogP contribution in [-0.4, -0.2) is 35.1 Å². The van der Waals surface area contributed by atoms with Crippen molar-refractivity contribution in [3.05, 3.63) is 28.9 Å². The first-order valence-electron chi connectivity index (χ1n) is 5.87. The van der Waals surface area contributed by atoms with Crippen LogP contribution in [0.4, 0.5) is 5.69 Å². The first-order chi connectivity index (χ1) is 9.58. The van der Waals surface area contributed by atoms with E-state index in [9.17, 15) is 9.59 Å². The minimum Gasteiger partial charge on any atom is -0.462 e. The van der Waals surface area contributed by atoms with Crippen molar-refractivity contribution >= 4 is 33.6 Å². The Bertz CT molecular complexity index is 482. The molecule has 0 radical (unpaired) electrons. The van der Waals surface area contributed by atoms with Crippen molar-refractivity contribution < 1.29 is 19.1 Å². The molecule has 0 saturated heterocycles. The Hall–Kier alpha value is -1.96. The summed E-state index contributed by atoms with van der Waals surface area (Å²) in [7, 11) is 0. The second-order valence-electron chi connectivity index (χ2n) is 3.38. The molecule has 0 bridgehead atoms.